The zero-order valence-corrected chi connectivity index (χ0v) is 24.8. The minimum absolute atomic E-state index is 0.766. The molecule has 0 aliphatic heterocycles. The third kappa shape index (κ3) is 6.06. The topological polar surface area (TPSA) is 78.1 Å². The van der Waals surface area contributed by atoms with Gasteiger partial charge in [-0.2, -0.15) is 0 Å². The van der Waals surface area contributed by atoms with E-state index in [-0.39, 0.29) is 0 Å². The van der Waals surface area contributed by atoms with Crippen LogP contribution in [0.1, 0.15) is 0 Å². The number of rotatable bonds is 6. The molecule has 0 saturated carbocycles. The van der Waals surface area contributed by atoms with Crippen molar-refractivity contribution in [3.63, 3.8) is 0 Å². The molecule has 0 fully saturated rings. The Kier molecular flexibility index (Phi) is 7.34. The van der Waals surface area contributed by atoms with E-state index in [0.717, 1.165) is 83.8 Å². The molecule has 216 valence electrons. The molecule has 3 nitrogen and oxygen atoms in total. The summed E-state index contributed by atoms with van der Waals surface area (Å²) in [5.74, 6) is 0. The average molecular weight is 580 g/mol. The maximum Gasteiger partial charge on any atom is 0.0314 e. The second-order valence-electron chi connectivity index (χ2n) is 11.4. The Balaban J connectivity index is 1.27. The fourth-order valence-corrected chi connectivity index (χ4v) is 5.72. The van der Waals surface area contributed by atoms with Crippen LogP contribution < -0.4 is 17.2 Å². The van der Waals surface area contributed by atoms with Crippen molar-refractivity contribution in [2.45, 2.75) is 0 Å². The average Bonchev–Trinajstić information content (AvgIpc) is 3.09. The third-order valence-electron chi connectivity index (χ3n) is 8.32. The predicted molar refractivity (Wildman–Crippen MR) is 192 cm³/mol. The van der Waals surface area contributed by atoms with Gasteiger partial charge in [0.15, 0.2) is 0 Å². The molecule has 0 bridgehead atoms. The van der Waals surface area contributed by atoms with Crippen molar-refractivity contribution >= 4 is 17.1 Å². The lowest BCUT2D eigenvalue weighted by Gasteiger charge is -2.13. The summed E-state index contributed by atoms with van der Waals surface area (Å²) in [5.41, 5.74) is 33.9. The fraction of sp³-hybridized carbons (Fsp3) is 0. The molecule has 0 heterocycles. The molecule has 0 spiro atoms. The van der Waals surface area contributed by atoms with Gasteiger partial charge in [-0.25, -0.2) is 0 Å². The van der Waals surface area contributed by atoms with Crippen LogP contribution in [0.2, 0.25) is 0 Å². The highest BCUT2D eigenvalue weighted by atomic mass is 14.5. The van der Waals surface area contributed by atoms with Crippen molar-refractivity contribution < 1.29 is 0 Å². The van der Waals surface area contributed by atoms with Gasteiger partial charge in [-0.3, -0.25) is 0 Å². The summed E-state index contributed by atoms with van der Waals surface area (Å²) in [5, 5.41) is 0. The van der Waals surface area contributed by atoms with Gasteiger partial charge in [0.25, 0.3) is 0 Å². The number of benzene rings is 7. The van der Waals surface area contributed by atoms with Crippen LogP contribution in [0.4, 0.5) is 17.1 Å². The van der Waals surface area contributed by atoms with E-state index in [1.54, 1.807) is 0 Å². The predicted octanol–water partition coefficient (Wildman–Crippen LogP) is 10.4. The van der Waals surface area contributed by atoms with Gasteiger partial charge in [-0.05, 0) is 121 Å². The molecule has 7 aromatic rings. The van der Waals surface area contributed by atoms with Gasteiger partial charge in [0.1, 0.15) is 0 Å². The van der Waals surface area contributed by atoms with Crippen LogP contribution in [0.15, 0.2) is 164 Å². The summed E-state index contributed by atoms with van der Waals surface area (Å²) in [6.45, 7) is 0. The maximum atomic E-state index is 5.91. The molecule has 3 heteroatoms. The molecule has 0 aromatic heterocycles. The number of hydrogen-bond acceptors (Lipinski definition) is 3. The van der Waals surface area contributed by atoms with Crippen molar-refractivity contribution in [3.8, 4) is 66.8 Å². The molecular formula is C42H33N3. The van der Waals surface area contributed by atoms with Gasteiger partial charge in [0.2, 0.25) is 0 Å². The van der Waals surface area contributed by atoms with Crippen molar-refractivity contribution in [2.75, 3.05) is 17.2 Å². The molecule has 0 saturated heterocycles. The fourth-order valence-electron chi connectivity index (χ4n) is 5.72. The number of nitrogens with two attached hydrogens (primary N) is 3. The molecule has 45 heavy (non-hydrogen) atoms. The molecule has 0 atom stereocenters. The summed E-state index contributed by atoms with van der Waals surface area (Å²) in [4.78, 5) is 0. The van der Waals surface area contributed by atoms with E-state index in [1.165, 1.54) is 0 Å². The van der Waals surface area contributed by atoms with Gasteiger partial charge in [-0.1, -0.05) is 109 Å². The van der Waals surface area contributed by atoms with Crippen LogP contribution in [0.3, 0.4) is 0 Å². The number of hydrogen-bond donors (Lipinski definition) is 3. The highest BCUT2D eigenvalue weighted by molar-refractivity contribution is 5.83. The lowest BCUT2D eigenvalue weighted by molar-refractivity contribution is 1.55. The summed E-state index contributed by atoms with van der Waals surface area (Å²) in [7, 11) is 0. The van der Waals surface area contributed by atoms with Crippen molar-refractivity contribution in [1.82, 2.24) is 0 Å². The molecule has 0 amide bonds. The van der Waals surface area contributed by atoms with E-state index in [9.17, 15) is 0 Å². The van der Waals surface area contributed by atoms with Gasteiger partial charge >= 0.3 is 0 Å². The lowest BCUT2D eigenvalue weighted by atomic mass is 9.91. The smallest absolute Gasteiger partial charge is 0.0314 e. The Morgan fingerprint density at radius 2 is 0.311 bits per heavy atom. The van der Waals surface area contributed by atoms with E-state index >= 15 is 0 Å². The standard InChI is InChI=1S/C42H33N3/c43-40-19-13-31(14-20-40)28-1-7-34(8-2-28)37-25-38(35-9-3-29(4-10-35)32-15-21-41(44)22-16-32)27-39(26-37)36-11-5-30(6-12-36)33-17-23-42(45)24-18-33/h1-27H,43-45H2. The summed E-state index contributed by atoms with van der Waals surface area (Å²) < 4.78 is 0. The van der Waals surface area contributed by atoms with E-state index in [0.29, 0.717) is 0 Å². The first-order valence-corrected chi connectivity index (χ1v) is 15.0. The normalized spacial score (nSPS) is 10.9. The van der Waals surface area contributed by atoms with Crippen LogP contribution in [0.5, 0.6) is 0 Å². The van der Waals surface area contributed by atoms with Crippen LogP contribution >= 0.6 is 0 Å². The second kappa shape index (κ2) is 11.9. The summed E-state index contributed by atoms with van der Waals surface area (Å²) in [6.07, 6.45) is 0. The first-order valence-electron chi connectivity index (χ1n) is 15.0. The van der Waals surface area contributed by atoms with E-state index in [4.69, 9.17) is 17.2 Å². The third-order valence-corrected chi connectivity index (χ3v) is 8.32. The Hall–Kier alpha value is -6.06. The van der Waals surface area contributed by atoms with Gasteiger partial charge in [0.05, 0.1) is 0 Å². The first-order chi connectivity index (χ1) is 22.0. The molecule has 0 unspecified atom stereocenters. The Bertz CT molecular complexity index is 1800. The monoisotopic (exact) mass is 579 g/mol. The Labute approximate surface area is 264 Å². The number of nitrogen functional groups attached to an aromatic ring is 3. The van der Waals surface area contributed by atoms with E-state index < -0.39 is 0 Å². The minimum atomic E-state index is 0.766. The summed E-state index contributed by atoms with van der Waals surface area (Å²) >= 11 is 0. The molecule has 7 aromatic carbocycles. The van der Waals surface area contributed by atoms with Crippen molar-refractivity contribution in [1.29, 1.82) is 0 Å². The second-order valence-corrected chi connectivity index (χ2v) is 11.4. The molecular weight excluding hydrogens is 546 g/mol. The van der Waals surface area contributed by atoms with Gasteiger partial charge in [-0.15, -0.1) is 0 Å². The molecule has 6 N–H and O–H groups in total. The molecule has 0 radical (unpaired) electrons. The van der Waals surface area contributed by atoms with Crippen LogP contribution in [0.25, 0.3) is 66.8 Å². The zero-order chi connectivity index (χ0) is 30.8. The van der Waals surface area contributed by atoms with Crippen LogP contribution in [-0.2, 0) is 0 Å². The van der Waals surface area contributed by atoms with Gasteiger partial charge in [0, 0.05) is 17.1 Å². The van der Waals surface area contributed by atoms with E-state index in [1.807, 2.05) is 36.4 Å². The maximum absolute atomic E-state index is 5.91. The van der Waals surface area contributed by atoms with Crippen molar-refractivity contribution in [3.05, 3.63) is 164 Å². The largest absolute Gasteiger partial charge is 0.399 e. The molecule has 0 aliphatic rings. The summed E-state index contributed by atoms with van der Waals surface area (Å²) in [6, 6.07) is 57.1. The van der Waals surface area contributed by atoms with Crippen LogP contribution in [0, 0.1) is 0 Å². The Morgan fingerprint density at radius 3 is 0.489 bits per heavy atom. The van der Waals surface area contributed by atoms with Gasteiger partial charge < -0.3 is 17.2 Å². The lowest BCUT2D eigenvalue weighted by Crippen LogP contribution is -1.88. The van der Waals surface area contributed by atoms with Crippen LogP contribution in [-0.4, -0.2) is 0 Å². The van der Waals surface area contributed by atoms with E-state index in [2.05, 4.69) is 127 Å². The first kappa shape index (κ1) is 27.8. The Morgan fingerprint density at radius 1 is 0.178 bits per heavy atom. The molecule has 7 rings (SSSR count). The quantitative estimate of drug-likeness (QED) is 0.172. The SMILES string of the molecule is Nc1ccc(-c2ccc(-c3cc(-c4ccc(-c5ccc(N)cc5)cc4)cc(-c4ccc(-c5ccc(N)cc5)cc4)c3)cc2)cc1. The highest BCUT2D eigenvalue weighted by Crippen LogP contribution is 2.35. The minimum Gasteiger partial charge on any atom is -0.399 e. The number of anilines is 3. The van der Waals surface area contributed by atoms with Crippen molar-refractivity contribution in [2.24, 2.45) is 0 Å². The molecule has 0 aliphatic carbocycles. The highest BCUT2D eigenvalue weighted by Gasteiger charge is 2.10. The zero-order valence-electron chi connectivity index (χ0n) is 24.8.